The maximum Gasteiger partial charge on any atom is 0.0807 e. The van der Waals surface area contributed by atoms with Crippen molar-refractivity contribution in [2.75, 3.05) is 46.9 Å². The summed E-state index contributed by atoms with van der Waals surface area (Å²) in [5, 5.41) is 0. The molecule has 0 spiro atoms. The topological polar surface area (TPSA) is 15.7 Å². The van der Waals surface area contributed by atoms with Crippen molar-refractivity contribution in [3.63, 3.8) is 0 Å². The van der Waals surface area contributed by atoms with Crippen molar-refractivity contribution in [2.24, 2.45) is 0 Å². The first-order valence-electron chi connectivity index (χ1n) is 5.20. The van der Waals surface area contributed by atoms with E-state index in [1.165, 1.54) is 39.0 Å². The summed E-state index contributed by atoms with van der Waals surface area (Å²) >= 11 is 0. The zero-order valence-electron chi connectivity index (χ0n) is 8.75. The van der Waals surface area contributed by atoms with Crippen LogP contribution in [0, 0.1) is 0 Å². The molecule has 0 radical (unpaired) electrons. The van der Waals surface area contributed by atoms with Gasteiger partial charge in [-0.3, -0.25) is 4.90 Å². The highest BCUT2D eigenvalue weighted by atomic mass is 16.5. The van der Waals surface area contributed by atoms with Crippen LogP contribution in [0.25, 0.3) is 0 Å². The van der Waals surface area contributed by atoms with Crippen molar-refractivity contribution in [3.8, 4) is 0 Å². The third-order valence-electron chi connectivity index (χ3n) is 3.35. The van der Waals surface area contributed by atoms with Crippen LogP contribution in [0.3, 0.4) is 0 Å². The Balaban J connectivity index is 1.76. The standard InChI is InChI=1S/C10H20N2O/c1-11-5-7-12(8-6-11)9-10(13-2)3-4-10/h3-9H2,1-2H3. The summed E-state index contributed by atoms with van der Waals surface area (Å²) < 4.78 is 5.52. The zero-order valence-corrected chi connectivity index (χ0v) is 8.75. The molecule has 1 saturated carbocycles. The van der Waals surface area contributed by atoms with Gasteiger partial charge in [-0.05, 0) is 19.9 Å². The fourth-order valence-electron chi connectivity index (χ4n) is 1.98. The molecule has 0 aromatic rings. The second-order valence-corrected chi connectivity index (χ2v) is 4.47. The molecule has 3 nitrogen and oxygen atoms in total. The second-order valence-electron chi connectivity index (χ2n) is 4.47. The fraction of sp³-hybridized carbons (Fsp3) is 1.00. The van der Waals surface area contributed by atoms with Crippen LogP contribution in [0.4, 0.5) is 0 Å². The first kappa shape index (κ1) is 9.44. The Labute approximate surface area is 80.6 Å². The maximum atomic E-state index is 5.52. The van der Waals surface area contributed by atoms with Crippen LogP contribution >= 0.6 is 0 Å². The van der Waals surface area contributed by atoms with E-state index in [1.807, 2.05) is 7.11 Å². The van der Waals surface area contributed by atoms with Gasteiger partial charge in [-0.2, -0.15) is 0 Å². The van der Waals surface area contributed by atoms with E-state index in [-0.39, 0.29) is 5.60 Å². The van der Waals surface area contributed by atoms with Gasteiger partial charge in [0.05, 0.1) is 5.60 Å². The third-order valence-corrected chi connectivity index (χ3v) is 3.35. The van der Waals surface area contributed by atoms with Crippen LogP contribution in [0.15, 0.2) is 0 Å². The van der Waals surface area contributed by atoms with Gasteiger partial charge in [-0.15, -0.1) is 0 Å². The van der Waals surface area contributed by atoms with Crippen molar-refractivity contribution < 1.29 is 4.74 Å². The molecule has 0 aromatic carbocycles. The van der Waals surface area contributed by atoms with Crippen molar-refractivity contribution in [1.29, 1.82) is 0 Å². The predicted octanol–water partition coefficient (Wildman–Crippen LogP) is 0.413. The van der Waals surface area contributed by atoms with E-state index in [2.05, 4.69) is 16.8 Å². The van der Waals surface area contributed by atoms with E-state index in [4.69, 9.17) is 4.74 Å². The molecular formula is C10H20N2O. The first-order chi connectivity index (χ1) is 6.24. The molecule has 0 bridgehead atoms. The molecule has 0 amide bonds. The second kappa shape index (κ2) is 3.56. The van der Waals surface area contributed by atoms with Gasteiger partial charge in [0.25, 0.3) is 0 Å². The van der Waals surface area contributed by atoms with E-state index >= 15 is 0 Å². The molecule has 13 heavy (non-hydrogen) atoms. The molecule has 2 rings (SSSR count). The number of ether oxygens (including phenoxy) is 1. The Bertz CT molecular complexity index is 172. The van der Waals surface area contributed by atoms with Crippen molar-refractivity contribution in [1.82, 2.24) is 9.80 Å². The highest BCUT2D eigenvalue weighted by molar-refractivity contribution is 4.98. The van der Waals surface area contributed by atoms with Crippen molar-refractivity contribution in [3.05, 3.63) is 0 Å². The van der Waals surface area contributed by atoms with Gasteiger partial charge >= 0.3 is 0 Å². The van der Waals surface area contributed by atoms with Gasteiger partial charge in [-0.25, -0.2) is 0 Å². The summed E-state index contributed by atoms with van der Waals surface area (Å²) in [4.78, 5) is 4.93. The smallest absolute Gasteiger partial charge is 0.0807 e. The lowest BCUT2D eigenvalue weighted by Gasteiger charge is -2.34. The van der Waals surface area contributed by atoms with Crippen LogP contribution in [0.1, 0.15) is 12.8 Å². The van der Waals surface area contributed by atoms with Crippen LogP contribution in [0.5, 0.6) is 0 Å². The Morgan fingerprint density at radius 1 is 1.15 bits per heavy atom. The summed E-state index contributed by atoms with van der Waals surface area (Å²) in [5.74, 6) is 0. The molecule has 1 aliphatic heterocycles. The van der Waals surface area contributed by atoms with Gasteiger partial charge < -0.3 is 9.64 Å². The molecule has 76 valence electrons. The van der Waals surface area contributed by atoms with Crippen LogP contribution in [-0.4, -0.2) is 62.3 Å². The van der Waals surface area contributed by atoms with Crippen LogP contribution in [-0.2, 0) is 4.74 Å². The van der Waals surface area contributed by atoms with Crippen LogP contribution < -0.4 is 0 Å². The normalized spacial score (nSPS) is 29.1. The molecular weight excluding hydrogens is 164 g/mol. The minimum absolute atomic E-state index is 0.246. The number of nitrogens with zero attached hydrogens (tertiary/aromatic N) is 2. The Morgan fingerprint density at radius 2 is 1.77 bits per heavy atom. The fourth-order valence-corrected chi connectivity index (χ4v) is 1.98. The minimum Gasteiger partial charge on any atom is -0.377 e. The molecule has 0 N–H and O–H groups in total. The Hall–Kier alpha value is -0.120. The van der Waals surface area contributed by atoms with Crippen molar-refractivity contribution >= 4 is 0 Å². The SMILES string of the molecule is COC1(CN2CCN(C)CC2)CC1. The average Bonchev–Trinajstić information content (AvgIpc) is 2.90. The predicted molar refractivity (Wildman–Crippen MR) is 52.9 cm³/mol. The highest BCUT2D eigenvalue weighted by Gasteiger charge is 2.44. The molecule has 1 aliphatic carbocycles. The molecule has 0 unspecified atom stereocenters. The number of hydrogen-bond acceptors (Lipinski definition) is 3. The van der Waals surface area contributed by atoms with Gasteiger partial charge in [0.15, 0.2) is 0 Å². The molecule has 0 aromatic heterocycles. The van der Waals surface area contributed by atoms with Gasteiger partial charge in [-0.1, -0.05) is 0 Å². The Morgan fingerprint density at radius 3 is 2.23 bits per heavy atom. The molecule has 1 saturated heterocycles. The largest absolute Gasteiger partial charge is 0.377 e. The number of piperazine rings is 1. The van der Waals surface area contributed by atoms with E-state index in [0.717, 1.165) is 6.54 Å². The lowest BCUT2D eigenvalue weighted by Crippen LogP contribution is -2.47. The lowest BCUT2D eigenvalue weighted by molar-refractivity contribution is 0.0291. The van der Waals surface area contributed by atoms with E-state index in [0.29, 0.717) is 0 Å². The van der Waals surface area contributed by atoms with E-state index < -0.39 is 0 Å². The average molecular weight is 184 g/mol. The van der Waals surface area contributed by atoms with E-state index in [9.17, 15) is 0 Å². The third kappa shape index (κ3) is 2.22. The summed E-state index contributed by atoms with van der Waals surface area (Å²) in [6.45, 7) is 5.99. The summed E-state index contributed by atoms with van der Waals surface area (Å²) in [6.07, 6.45) is 2.52. The Kier molecular flexibility index (Phi) is 2.58. The zero-order chi connectivity index (χ0) is 9.31. The van der Waals surface area contributed by atoms with Gasteiger partial charge in [0.1, 0.15) is 0 Å². The highest BCUT2D eigenvalue weighted by Crippen LogP contribution is 2.39. The summed E-state index contributed by atoms with van der Waals surface area (Å²) in [6, 6.07) is 0. The maximum absolute atomic E-state index is 5.52. The monoisotopic (exact) mass is 184 g/mol. The summed E-state index contributed by atoms with van der Waals surface area (Å²) in [5.41, 5.74) is 0.246. The molecule has 0 atom stereocenters. The van der Waals surface area contributed by atoms with E-state index in [1.54, 1.807) is 0 Å². The van der Waals surface area contributed by atoms with Crippen LogP contribution in [0.2, 0.25) is 0 Å². The molecule has 2 aliphatic rings. The molecule has 1 heterocycles. The number of likely N-dealkylation sites (N-methyl/N-ethyl adjacent to an activating group) is 1. The number of methoxy groups -OCH3 is 1. The number of rotatable bonds is 3. The quantitative estimate of drug-likeness (QED) is 0.632. The summed E-state index contributed by atoms with van der Waals surface area (Å²) in [7, 11) is 4.05. The molecule has 2 fully saturated rings. The van der Waals surface area contributed by atoms with Crippen molar-refractivity contribution in [2.45, 2.75) is 18.4 Å². The van der Waals surface area contributed by atoms with Gasteiger partial charge in [0.2, 0.25) is 0 Å². The number of hydrogen-bond donors (Lipinski definition) is 0. The molecule has 3 heteroatoms. The van der Waals surface area contributed by atoms with Gasteiger partial charge in [0, 0.05) is 39.8 Å². The first-order valence-corrected chi connectivity index (χ1v) is 5.20. The lowest BCUT2D eigenvalue weighted by atomic mass is 10.2. The minimum atomic E-state index is 0.246.